The zero-order valence-corrected chi connectivity index (χ0v) is 22.3. The Morgan fingerprint density at radius 1 is 0.686 bits per heavy atom. The van der Waals surface area contributed by atoms with Gasteiger partial charge in [-0.25, -0.2) is 4.79 Å². The summed E-state index contributed by atoms with van der Waals surface area (Å²) < 4.78 is 0. The Bertz CT molecular complexity index is 633. The standard InChI is InChI=1S/C28H49NO6/c1-3-5-7-9-11-13-15-17-19-23-28(26(32)33,22-18-16-14-12-10-8-6-4-2)27(34)35-29-24(30)20-21-25(29)31/h3-23H2,1-2H3,(H,32,33). The van der Waals surface area contributed by atoms with Gasteiger partial charge >= 0.3 is 11.9 Å². The summed E-state index contributed by atoms with van der Waals surface area (Å²) in [6, 6.07) is 0. The number of carbonyl (C=O) groups excluding carboxylic acids is 3. The summed E-state index contributed by atoms with van der Waals surface area (Å²) in [4.78, 5) is 54.5. The first kappa shape index (κ1) is 31.1. The first-order valence-electron chi connectivity index (χ1n) is 14.2. The van der Waals surface area contributed by atoms with Crippen molar-refractivity contribution in [2.75, 3.05) is 0 Å². The maximum Gasteiger partial charge on any atom is 0.350 e. The minimum Gasteiger partial charge on any atom is -0.480 e. The highest BCUT2D eigenvalue weighted by Crippen LogP contribution is 2.35. The predicted molar refractivity (Wildman–Crippen MR) is 136 cm³/mol. The van der Waals surface area contributed by atoms with Crippen LogP contribution in [0.2, 0.25) is 0 Å². The van der Waals surface area contributed by atoms with E-state index in [9.17, 15) is 24.3 Å². The number of hydrogen-bond donors (Lipinski definition) is 1. The molecule has 2 amide bonds. The number of carboxylic acids is 1. The van der Waals surface area contributed by atoms with Crippen LogP contribution in [0.1, 0.15) is 149 Å². The number of carbonyl (C=O) groups is 4. The monoisotopic (exact) mass is 495 g/mol. The van der Waals surface area contributed by atoms with Gasteiger partial charge in [0.2, 0.25) is 0 Å². The van der Waals surface area contributed by atoms with Crippen molar-refractivity contribution in [3.05, 3.63) is 0 Å². The number of amides is 2. The van der Waals surface area contributed by atoms with Gasteiger partial charge in [0.25, 0.3) is 11.8 Å². The third kappa shape index (κ3) is 11.6. The number of imide groups is 1. The van der Waals surface area contributed by atoms with Crippen molar-refractivity contribution in [2.45, 2.75) is 149 Å². The van der Waals surface area contributed by atoms with Crippen molar-refractivity contribution in [3.8, 4) is 0 Å². The molecule has 1 saturated heterocycles. The summed E-state index contributed by atoms with van der Waals surface area (Å²) in [5.41, 5.74) is -1.72. The van der Waals surface area contributed by atoms with Crippen LogP contribution >= 0.6 is 0 Å². The average molecular weight is 496 g/mol. The van der Waals surface area contributed by atoms with Crippen molar-refractivity contribution >= 4 is 23.8 Å². The Morgan fingerprint density at radius 2 is 1.03 bits per heavy atom. The van der Waals surface area contributed by atoms with Crippen molar-refractivity contribution in [2.24, 2.45) is 5.41 Å². The fraction of sp³-hybridized carbons (Fsp3) is 0.857. The second-order valence-electron chi connectivity index (χ2n) is 10.2. The number of hydrogen-bond acceptors (Lipinski definition) is 5. The lowest BCUT2D eigenvalue weighted by molar-refractivity contribution is -0.208. The minimum absolute atomic E-state index is 0.0114. The number of unbranched alkanes of at least 4 members (excludes halogenated alkanes) is 15. The molecule has 1 rings (SSSR count). The smallest absolute Gasteiger partial charge is 0.350 e. The highest BCUT2D eigenvalue weighted by Gasteiger charge is 2.49. The Hall–Kier alpha value is -1.92. The molecule has 202 valence electrons. The highest BCUT2D eigenvalue weighted by atomic mass is 16.7. The van der Waals surface area contributed by atoms with Crippen molar-refractivity contribution in [1.82, 2.24) is 5.06 Å². The summed E-state index contributed by atoms with van der Waals surface area (Å²) in [5, 5.41) is 10.6. The van der Waals surface area contributed by atoms with Gasteiger partial charge in [0, 0.05) is 12.8 Å². The molecule has 1 heterocycles. The van der Waals surface area contributed by atoms with Gasteiger partial charge < -0.3 is 9.94 Å². The van der Waals surface area contributed by atoms with Gasteiger partial charge in [-0.2, -0.15) is 0 Å². The van der Waals surface area contributed by atoms with E-state index >= 15 is 0 Å². The third-order valence-electron chi connectivity index (χ3n) is 7.14. The molecule has 1 unspecified atom stereocenters. The first-order chi connectivity index (χ1) is 16.9. The number of nitrogens with zero attached hydrogens (tertiary/aromatic N) is 1. The summed E-state index contributed by atoms with van der Waals surface area (Å²) >= 11 is 0. The van der Waals surface area contributed by atoms with Crippen LogP contribution in [0.4, 0.5) is 0 Å². The quantitative estimate of drug-likeness (QED) is 0.0975. The van der Waals surface area contributed by atoms with Crippen molar-refractivity contribution in [3.63, 3.8) is 0 Å². The molecule has 1 aliphatic rings. The van der Waals surface area contributed by atoms with Crippen LogP contribution in [-0.2, 0) is 24.0 Å². The number of carboxylic acid groups (broad SMARTS) is 1. The van der Waals surface area contributed by atoms with Gasteiger partial charge in [0.05, 0.1) is 0 Å². The molecule has 0 aromatic rings. The van der Waals surface area contributed by atoms with E-state index in [1.54, 1.807) is 0 Å². The van der Waals surface area contributed by atoms with Crippen LogP contribution in [0.25, 0.3) is 0 Å². The zero-order chi connectivity index (χ0) is 25.9. The van der Waals surface area contributed by atoms with Crippen LogP contribution in [0.15, 0.2) is 0 Å². The summed E-state index contributed by atoms with van der Waals surface area (Å²) in [5.74, 6) is -3.37. The molecule has 0 saturated carbocycles. The molecule has 1 N–H and O–H groups in total. The van der Waals surface area contributed by atoms with E-state index in [1.807, 2.05) is 0 Å². The van der Waals surface area contributed by atoms with Crippen LogP contribution in [0.3, 0.4) is 0 Å². The Morgan fingerprint density at radius 3 is 1.37 bits per heavy atom. The lowest BCUT2D eigenvalue weighted by atomic mass is 9.77. The zero-order valence-electron chi connectivity index (χ0n) is 22.3. The molecule has 35 heavy (non-hydrogen) atoms. The lowest BCUT2D eigenvalue weighted by Crippen LogP contribution is -2.45. The fourth-order valence-electron chi connectivity index (χ4n) is 4.76. The highest BCUT2D eigenvalue weighted by molar-refractivity contribution is 6.04. The van der Waals surface area contributed by atoms with Crippen molar-refractivity contribution in [1.29, 1.82) is 0 Å². The molecular weight excluding hydrogens is 446 g/mol. The second-order valence-corrected chi connectivity index (χ2v) is 10.2. The van der Waals surface area contributed by atoms with Gasteiger partial charge in [0.15, 0.2) is 5.41 Å². The molecule has 0 aliphatic carbocycles. The van der Waals surface area contributed by atoms with Crippen molar-refractivity contribution < 1.29 is 29.1 Å². The van der Waals surface area contributed by atoms with E-state index in [2.05, 4.69) is 13.8 Å². The Balaban J connectivity index is 2.64. The molecule has 0 aromatic heterocycles. The van der Waals surface area contributed by atoms with Crippen LogP contribution in [-0.4, -0.2) is 33.9 Å². The van der Waals surface area contributed by atoms with E-state index < -0.39 is 29.2 Å². The second kappa shape index (κ2) is 18.4. The fourth-order valence-corrected chi connectivity index (χ4v) is 4.76. The molecule has 7 heteroatoms. The van der Waals surface area contributed by atoms with E-state index in [0.717, 1.165) is 38.5 Å². The molecule has 0 aromatic carbocycles. The molecular formula is C28H49NO6. The third-order valence-corrected chi connectivity index (χ3v) is 7.14. The molecule has 0 radical (unpaired) electrons. The topological polar surface area (TPSA) is 101 Å². The molecule has 0 spiro atoms. The first-order valence-corrected chi connectivity index (χ1v) is 14.2. The van der Waals surface area contributed by atoms with E-state index in [4.69, 9.17) is 4.84 Å². The van der Waals surface area contributed by atoms with Gasteiger partial charge in [-0.1, -0.05) is 123 Å². The largest absolute Gasteiger partial charge is 0.480 e. The number of rotatable bonds is 22. The van der Waals surface area contributed by atoms with Gasteiger partial charge in [-0.05, 0) is 12.8 Å². The molecule has 1 atom stereocenters. The minimum atomic E-state index is -1.72. The SMILES string of the molecule is CCCCCCCCCCCC(CCCCCCCCCC)(C(=O)O)C(=O)ON1C(=O)CCC1=O. The van der Waals surface area contributed by atoms with Gasteiger partial charge in [-0.3, -0.25) is 14.4 Å². The summed E-state index contributed by atoms with van der Waals surface area (Å²) in [7, 11) is 0. The van der Waals surface area contributed by atoms with E-state index in [0.29, 0.717) is 17.9 Å². The maximum absolute atomic E-state index is 13.1. The molecule has 7 nitrogen and oxygen atoms in total. The van der Waals surface area contributed by atoms with Crippen LogP contribution in [0.5, 0.6) is 0 Å². The summed E-state index contributed by atoms with van der Waals surface area (Å²) in [6.07, 6.45) is 18.5. The maximum atomic E-state index is 13.1. The number of hydroxylamine groups is 2. The summed E-state index contributed by atoms with van der Waals surface area (Å²) in [6.45, 7) is 4.38. The number of aliphatic carboxylic acids is 1. The van der Waals surface area contributed by atoms with Gasteiger partial charge in [-0.15, -0.1) is 5.06 Å². The van der Waals surface area contributed by atoms with Crippen LogP contribution in [0, 0.1) is 5.41 Å². The predicted octanol–water partition coefficient (Wildman–Crippen LogP) is 7.12. The van der Waals surface area contributed by atoms with E-state index in [-0.39, 0.29) is 25.7 Å². The van der Waals surface area contributed by atoms with Gasteiger partial charge in [0.1, 0.15) is 0 Å². The Kier molecular flexibility index (Phi) is 16.3. The normalized spacial score (nSPS) is 15.4. The van der Waals surface area contributed by atoms with Crippen LogP contribution < -0.4 is 0 Å². The van der Waals surface area contributed by atoms with E-state index in [1.165, 1.54) is 57.8 Å². The molecule has 0 bridgehead atoms. The molecule has 1 fully saturated rings. The molecule has 1 aliphatic heterocycles. The Labute approximate surface area is 212 Å². The average Bonchev–Trinajstić information content (AvgIpc) is 3.15. The lowest BCUT2D eigenvalue weighted by Gasteiger charge is -2.28.